The first-order chi connectivity index (χ1) is 14.3. The highest BCUT2D eigenvalue weighted by Gasteiger charge is 2.12. The van der Waals surface area contributed by atoms with Gasteiger partial charge in [-0.1, -0.05) is 13.8 Å². The Bertz CT molecular complexity index is 1150. The maximum absolute atomic E-state index is 12.7. The van der Waals surface area contributed by atoms with E-state index in [1.165, 1.54) is 0 Å². The minimum absolute atomic E-state index is 0.0358. The van der Waals surface area contributed by atoms with Crippen LogP contribution in [0.15, 0.2) is 47.3 Å². The van der Waals surface area contributed by atoms with Crippen molar-refractivity contribution >= 4 is 34.2 Å². The van der Waals surface area contributed by atoms with Gasteiger partial charge in [-0.05, 0) is 62.2 Å². The summed E-state index contributed by atoms with van der Waals surface area (Å²) in [5, 5.41) is 5.68. The normalized spacial score (nSPS) is 11.0. The zero-order valence-corrected chi connectivity index (χ0v) is 17.7. The molecule has 0 fully saturated rings. The number of rotatable bonds is 6. The molecular weight excluding hydrogens is 380 g/mol. The SMILES string of the molecule is CCn1c(=O)c(C)nc2cc(C(=O)Nc3ccc(NC(=O)CC(C)C)cc3)ccc21. The lowest BCUT2D eigenvalue weighted by Gasteiger charge is -2.11. The molecular formula is C23H26N4O3. The molecule has 0 saturated heterocycles. The smallest absolute Gasteiger partial charge is 0.272 e. The Morgan fingerprint density at radius 3 is 2.27 bits per heavy atom. The van der Waals surface area contributed by atoms with Gasteiger partial charge < -0.3 is 15.2 Å². The van der Waals surface area contributed by atoms with Crippen LogP contribution in [-0.4, -0.2) is 21.4 Å². The number of amides is 2. The van der Waals surface area contributed by atoms with Crippen molar-refractivity contribution in [1.82, 2.24) is 9.55 Å². The molecule has 0 spiro atoms. The van der Waals surface area contributed by atoms with Crippen LogP contribution in [-0.2, 0) is 11.3 Å². The number of hydrogen-bond donors (Lipinski definition) is 2. The molecule has 2 amide bonds. The summed E-state index contributed by atoms with van der Waals surface area (Å²) in [6.45, 7) is 8.08. The fraction of sp³-hybridized carbons (Fsp3) is 0.304. The fourth-order valence-electron chi connectivity index (χ4n) is 3.25. The van der Waals surface area contributed by atoms with E-state index < -0.39 is 0 Å². The van der Waals surface area contributed by atoms with Crippen LogP contribution in [0.4, 0.5) is 11.4 Å². The Kier molecular flexibility index (Phi) is 6.30. The molecule has 0 bridgehead atoms. The number of anilines is 2. The number of nitrogens with one attached hydrogen (secondary N) is 2. The number of carbonyl (C=O) groups excluding carboxylic acids is 2. The predicted octanol–water partition coefficient (Wildman–Crippen LogP) is 3.96. The lowest BCUT2D eigenvalue weighted by atomic mass is 10.1. The van der Waals surface area contributed by atoms with Crippen molar-refractivity contribution in [2.24, 2.45) is 5.92 Å². The monoisotopic (exact) mass is 406 g/mol. The van der Waals surface area contributed by atoms with Gasteiger partial charge in [0.1, 0.15) is 5.69 Å². The summed E-state index contributed by atoms with van der Waals surface area (Å²) in [5.74, 6) is -0.0238. The second-order valence-corrected chi connectivity index (χ2v) is 7.63. The molecule has 0 unspecified atom stereocenters. The number of benzene rings is 2. The van der Waals surface area contributed by atoms with Gasteiger partial charge in [-0.2, -0.15) is 0 Å². The van der Waals surface area contributed by atoms with E-state index in [1.807, 2.05) is 20.8 Å². The van der Waals surface area contributed by atoms with E-state index in [2.05, 4.69) is 15.6 Å². The average molecular weight is 406 g/mol. The first-order valence-electron chi connectivity index (χ1n) is 10.0. The largest absolute Gasteiger partial charge is 0.326 e. The molecule has 2 N–H and O–H groups in total. The Morgan fingerprint density at radius 2 is 1.67 bits per heavy atom. The van der Waals surface area contributed by atoms with Crippen LogP contribution in [0.3, 0.4) is 0 Å². The quantitative estimate of drug-likeness (QED) is 0.648. The number of fused-ring (bicyclic) bond motifs is 1. The summed E-state index contributed by atoms with van der Waals surface area (Å²) >= 11 is 0. The van der Waals surface area contributed by atoms with Crippen LogP contribution in [0.2, 0.25) is 0 Å². The van der Waals surface area contributed by atoms with Gasteiger partial charge in [0.25, 0.3) is 11.5 Å². The molecule has 0 aliphatic heterocycles. The lowest BCUT2D eigenvalue weighted by Crippen LogP contribution is -2.23. The van der Waals surface area contributed by atoms with Gasteiger partial charge in [0, 0.05) is 29.9 Å². The summed E-state index contributed by atoms with van der Waals surface area (Å²) < 4.78 is 1.64. The maximum Gasteiger partial charge on any atom is 0.272 e. The Labute approximate surface area is 175 Å². The van der Waals surface area contributed by atoms with E-state index in [1.54, 1.807) is 54.0 Å². The predicted molar refractivity (Wildman–Crippen MR) is 119 cm³/mol. The molecule has 156 valence electrons. The molecule has 0 radical (unpaired) electrons. The van der Waals surface area contributed by atoms with Crippen LogP contribution in [0, 0.1) is 12.8 Å². The fourth-order valence-corrected chi connectivity index (χ4v) is 3.25. The van der Waals surface area contributed by atoms with E-state index >= 15 is 0 Å². The molecule has 1 aromatic heterocycles. The van der Waals surface area contributed by atoms with Crippen molar-refractivity contribution in [3.05, 3.63) is 64.1 Å². The number of hydrogen-bond acceptors (Lipinski definition) is 4. The van der Waals surface area contributed by atoms with E-state index in [4.69, 9.17) is 0 Å². The van der Waals surface area contributed by atoms with Gasteiger partial charge in [-0.25, -0.2) is 4.98 Å². The molecule has 30 heavy (non-hydrogen) atoms. The molecule has 0 atom stereocenters. The minimum Gasteiger partial charge on any atom is -0.326 e. The minimum atomic E-state index is -0.276. The molecule has 0 aliphatic rings. The van der Waals surface area contributed by atoms with Gasteiger partial charge in [0.05, 0.1) is 11.0 Å². The van der Waals surface area contributed by atoms with E-state index in [9.17, 15) is 14.4 Å². The molecule has 7 heteroatoms. The number of aromatic nitrogens is 2. The van der Waals surface area contributed by atoms with Gasteiger partial charge in [0.15, 0.2) is 0 Å². The zero-order chi connectivity index (χ0) is 21.8. The van der Waals surface area contributed by atoms with Crippen molar-refractivity contribution in [2.75, 3.05) is 10.6 Å². The summed E-state index contributed by atoms with van der Waals surface area (Å²) in [7, 11) is 0. The van der Waals surface area contributed by atoms with Gasteiger partial charge in [-0.3, -0.25) is 14.4 Å². The van der Waals surface area contributed by atoms with E-state index in [0.29, 0.717) is 46.6 Å². The van der Waals surface area contributed by atoms with Gasteiger partial charge in [0.2, 0.25) is 5.91 Å². The highest BCUT2D eigenvalue weighted by Crippen LogP contribution is 2.18. The third-order valence-electron chi connectivity index (χ3n) is 4.71. The van der Waals surface area contributed by atoms with E-state index in [-0.39, 0.29) is 23.3 Å². The highest BCUT2D eigenvalue weighted by molar-refractivity contribution is 6.06. The third kappa shape index (κ3) is 4.74. The Hall–Kier alpha value is -3.48. The Balaban J connectivity index is 1.76. The lowest BCUT2D eigenvalue weighted by molar-refractivity contribution is -0.116. The third-order valence-corrected chi connectivity index (χ3v) is 4.71. The molecule has 3 rings (SSSR count). The van der Waals surface area contributed by atoms with Crippen molar-refractivity contribution < 1.29 is 9.59 Å². The topological polar surface area (TPSA) is 93.1 Å². The summed E-state index contributed by atoms with van der Waals surface area (Å²) in [5.41, 5.74) is 3.33. The summed E-state index contributed by atoms with van der Waals surface area (Å²) in [6.07, 6.45) is 0.458. The number of aryl methyl sites for hydroxylation is 2. The summed E-state index contributed by atoms with van der Waals surface area (Å²) in [6, 6.07) is 12.1. The number of carbonyl (C=O) groups is 2. The zero-order valence-electron chi connectivity index (χ0n) is 17.7. The first-order valence-corrected chi connectivity index (χ1v) is 10.0. The molecule has 2 aromatic carbocycles. The van der Waals surface area contributed by atoms with E-state index in [0.717, 1.165) is 0 Å². The van der Waals surface area contributed by atoms with Crippen LogP contribution >= 0.6 is 0 Å². The van der Waals surface area contributed by atoms with Crippen molar-refractivity contribution in [3.8, 4) is 0 Å². The molecule has 3 aromatic rings. The molecule has 7 nitrogen and oxygen atoms in total. The van der Waals surface area contributed by atoms with Gasteiger partial charge in [-0.15, -0.1) is 0 Å². The molecule has 1 heterocycles. The van der Waals surface area contributed by atoms with Crippen LogP contribution in [0.5, 0.6) is 0 Å². The molecule has 0 aliphatic carbocycles. The standard InChI is InChI=1S/C23H26N4O3/c1-5-27-20-11-6-16(13-19(20)24-15(4)23(27)30)22(29)26-18-9-7-17(8-10-18)25-21(28)12-14(2)3/h6-11,13-14H,5,12H2,1-4H3,(H,25,28)(H,26,29). The van der Waals surface area contributed by atoms with Crippen LogP contribution in [0.1, 0.15) is 43.2 Å². The van der Waals surface area contributed by atoms with Crippen LogP contribution < -0.4 is 16.2 Å². The van der Waals surface area contributed by atoms with Crippen molar-refractivity contribution in [2.45, 2.75) is 40.7 Å². The summed E-state index contributed by atoms with van der Waals surface area (Å²) in [4.78, 5) is 41.1. The van der Waals surface area contributed by atoms with Crippen molar-refractivity contribution in [1.29, 1.82) is 0 Å². The van der Waals surface area contributed by atoms with Gasteiger partial charge >= 0.3 is 0 Å². The number of nitrogens with zero attached hydrogens (tertiary/aromatic N) is 2. The second-order valence-electron chi connectivity index (χ2n) is 7.63. The Morgan fingerprint density at radius 1 is 1.03 bits per heavy atom. The maximum atomic E-state index is 12.7. The average Bonchev–Trinajstić information content (AvgIpc) is 2.69. The first kappa shape index (κ1) is 21.2. The van der Waals surface area contributed by atoms with Crippen molar-refractivity contribution in [3.63, 3.8) is 0 Å². The second kappa shape index (κ2) is 8.90. The highest BCUT2D eigenvalue weighted by atomic mass is 16.2. The molecule has 0 saturated carbocycles. The van der Waals surface area contributed by atoms with Crippen LogP contribution in [0.25, 0.3) is 11.0 Å².